The lowest BCUT2D eigenvalue weighted by Crippen LogP contribution is -2.32. The molecule has 0 spiro atoms. The van der Waals surface area contributed by atoms with Gasteiger partial charge < -0.3 is 15.8 Å². The molecule has 0 aliphatic heterocycles. The summed E-state index contributed by atoms with van der Waals surface area (Å²) < 4.78 is 0. The molecule has 0 heterocycles. The van der Waals surface area contributed by atoms with Crippen LogP contribution in [0.15, 0.2) is 5.16 Å². The van der Waals surface area contributed by atoms with E-state index in [1.54, 1.807) is 0 Å². The maximum absolute atomic E-state index is 8.49. The first-order valence-corrected chi connectivity index (χ1v) is 6.14. The summed E-state index contributed by atoms with van der Waals surface area (Å²) in [6.07, 6.45) is 1.84. The number of hydrogen-bond donors (Lipinski definition) is 2. The summed E-state index contributed by atoms with van der Waals surface area (Å²) in [4.78, 5) is 2.39. The van der Waals surface area contributed by atoms with Gasteiger partial charge in [0.1, 0.15) is 5.84 Å². The van der Waals surface area contributed by atoms with E-state index in [1.807, 2.05) is 0 Å². The van der Waals surface area contributed by atoms with Crippen molar-refractivity contribution in [3.8, 4) is 0 Å². The van der Waals surface area contributed by atoms with E-state index in [0.29, 0.717) is 18.2 Å². The normalized spacial score (nSPS) is 13.1. The van der Waals surface area contributed by atoms with E-state index in [9.17, 15) is 0 Å². The maximum Gasteiger partial charge on any atom is 0.140 e. The van der Waals surface area contributed by atoms with Gasteiger partial charge in [-0.15, -0.1) is 0 Å². The number of hydrogen-bond acceptors (Lipinski definition) is 3. The van der Waals surface area contributed by atoms with Crippen LogP contribution in [0, 0.1) is 11.8 Å². The van der Waals surface area contributed by atoms with Crippen LogP contribution in [0.1, 0.15) is 40.5 Å². The number of nitrogens with zero attached hydrogens (tertiary/aromatic N) is 2. The second-order valence-corrected chi connectivity index (χ2v) is 5.22. The Morgan fingerprint density at radius 2 is 1.81 bits per heavy atom. The smallest absolute Gasteiger partial charge is 0.140 e. The fourth-order valence-electron chi connectivity index (χ4n) is 1.57. The molecule has 0 saturated carbocycles. The molecule has 0 aromatic carbocycles. The van der Waals surface area contributed by atoms with E-state index in [4.69, 9.17) is 10.9 Å². The zero-order valence-electron chi connectivity index (χ0n) is 11.1. The molecular weight excluding hydrogens is 202 g/mol. The molecule has 96 valence electrons. The first-order chi connectivity index (χ1) is 7.45. The third-order valence-electron chi connectivity index (χ3n) is 2.46. The largest absolute Gasteiger partial charge is 0.409 e. The van der Waals surface area contributed by atoms with Crippen LogP contribution in [-0.2, 0) is 0 Å². The van der Waals surface area contributed by atoms with Crippen molar-refractivity contribution >= 4 is 5.84 Å². The predicted octanol–water partition coefficient (Wildman–Crippen LogP) is 2.13. The molecule has 0 fully saturated rings. The zero-order chi connectivity index (χ0) is 12.6. The lowest BCUT2D eigenvalue weighted by molar-refractivity contribution is 0.235. The van der Waals surface area contributed by atoms with Gasteiger partial charge in [-0.1, -0.05) is 32.9 Å². The number of rotatable bonds is 8. The van der Waals surface area contributed by atoms with Crippen LogP contribution in [0.5, 0.6) is 0 Å². The predicted molar refractivity (Wildman–Crippen MR) is 68.8 cm³/mol. The highest BCUT2D eigenvalue weighted by molar-refractivity contribution is 5.79. The van der Waals surface area contributed by atoms with Crippen molar-refractivity contribution in [1.29, 1.82) is 0 Å². The van der Waals surface area contributed by atoms with E-state index in [-0.39, 0.29) is 0 Å². The van der Waals surface area contributed by atoms with E-state index in [1.165, 1.54) is 6.42 Å². The van der Waals surface area contributed by atoms with Crippen LogP contribution in [0.2, 0.25) is 0 Å². The molecule has 0 aliphatic carbocycles. The highest BCUT2D eigenvalue weighted by Crippen LogP contribution is 2.06. The first kappa shape index (κ1) is 15.2. The van der Waals surface area contributed by atoms with E-state index in [0.717, 1.165) is 25.6 Å². The standard InChI is InChI=1S/C12H27N3O/c1-10(2)5-7-15(9-11(3)4)8-6-12(13)14-16/h10-11,16H,5-9H2,1-4H3,(H2,13,14). The zero-order valence-corrected chi connectivity index (χ0v) is 11.1. The van der Waals surface area contributed by atoms with Crippen LogP contribution in [0.4, 0.5) is 0 Å². The van der Waals surface area contributed by atoms with Crippen molar-refractivity contribution in [1.82, 2.24) is 4.90 Å². The molecule has 4 nitrogen and oxygen atoms in total. The van der Waals surface area contributed by atoms with Crippen LogP contribution >= 0.6 is 0 Å². The SMILES string of the molecule is CC(C)CCN(CCC(N)=NO)CC(C)C. The number of oxime groups is 1. The van der Waals surface area contributed by atoms with Crippen molar-refractivity contribution < 1.29 is 5.21 Å². The van der Waals surface area contributed by atoms with Gasteiger partial charge >= 0.3 is 0 Å². The molecular formula is C12H27N3O. The average Bonchev–Trinajstić information content (AvgIpc) is 2.20. The van der Waals surface area contributed by atoms with Crippen LogP contribution in [0.3, 0.4) is 0 Å². The fraction of sp³-hybridized carbons (Fsp3) is 0.917. The van der Waals surface area contributed by atoms with Crippen LogP contribution in [-0.4, -0.2) is 35.6 Å². The van der Waals surface area contributed by atoms with Gasteiger partial charge in [0.25, 0.3) is 0 Å². The summed E-state index contributed by atoms with van der Waals surface area (Å²) in [5.74, 6) is 1.69. The number of amidine groups is 1. The minimum atomic E-state index is 0.318. The first-order valence-electron chi connectivity index (χ1n) is 6.14. The Morgan fingerprint density at radius 3 is 2.25 bits per heavy atom. The molecule has 0 rings (SSSR count). The third kappa shape index (κ3) is 8.53. The molecule has 0 unspecified atom stereocenters. The molecule has 0 aromatic heterocycles. The van der Waals surface area contributed by atoms with Gasteiger partial charge in [0, 0.05) is 19.5 Å². The molecule has 0 aliphatic rings. The Bertz CT molecular complexity index is 202. The fourth-order valence-corrected chi connectivity index (χ4v) is 1.57. The van der Waals surface area contributed by atoms with Crippen molar-refractivity contribution in [3.63, 3.8) is 0 Å². The molecule has 3 N–H and O–H groups in total. The Balaban J connectivity index is 3.99. The Hall–Kier alpha value is -0.770. The van der Waals surface area contributed by atoms with Crippen LogP contribution < -0.4 is 5.73 Å². The minimum absolute atomic E-state index is 0.318. The van der Waals surface area contributed by atoms with E-state index < -0.39 is 0 Å². The molecule has 0 amide bonds. The summed E-state index contributed by atoms with van der Waals surface area (Å²) in [5.41, 5.74) is 5.48. The summed E-state index contributed by atoms with van der Waals surface area (Å²) >= 11 is 0. The molecule has 4 heteroatoms. The quantitative estimate of drug-likeness (QED) is 0.290. The highest BCUT2D eigenvalue weighted by Gasteiger charge is 2.09. The molecule has 0 radical (unpaired) electrons. The second-order valence-electron chi connectivity index (χ2n) is 5.22. The highest BCUT2D eigenvalue weighted by atomic mass is 16.4. The summed E-state index contributed by atoms with van der Waals surface area (Å²) in [5, 5.41) is 11.5. The Labute approximate surface area is 99.5 Å². The van der Waals surface area contributed by atoms with Gasteiger partial charge in [-0.05, 0) is 24.8 Å². The van der Waals surface area contributed by atoms with Crippen molar-refractivity contribution in [2.75, 3.05) is 19.6 Å². The monoisotopic (exact) mass is 229 g/mol. The van der Waals surface area contributed by atoms with Gasteiger partial charge in [0.05, 0.1) is 0 Å². The van der Waals surface area contributed by atoms with Gasteiger partial charge in [0.2, 0.25) is 0 Å². The average molecular weight is 229 g/mol. The Morgan fingerprint density at radius 1 is 1.19 bits per heavy atom. The third-order valence-corrected chi connectivity index (χ3v) is 2.46. The maximum atomic E-state index is 8.49. The summed E-state index contributed by atoms with van der Waals surface area (Å²) in [6, 6.07) is 0. The van der Waals surface area contributed by atoms with E-state index >= 15 is 0 Å². The summed E-state index contributed by atoms with van der Waals surface area (Å²) in [6.45, 7) is 11.9. The Kier molecular flexibility index (Phi) is 7.99. The minimum Gasteiger partial charge on any atom is -0.409 e. The van der Waals surface area contributed by atoms with Gasteiger partial charge in [-0.3, -0.25) is 0 Å². The lowest BCUT2D eigenvalue weighted by Gasteiger charge is -2.24. The number of nitrogens with two attached hydrogens (primary N) is 1. The molecule has 16 heavy (non-hydrogen) atoms. The lowest BCUT2D eigenvalue weighted by atomic mass is 10.1. The molecule has 0 bridgehead atoms. The second kappa shape index (κ2) is 8.39. The van der Waals surface area contributed by atoms with E-state index in [2.05, 4.69) is 37.8 Å². The molecule has 0 saturated heterocycles. The van der Waals surface area contributed by atoms with Crippen molar-refractivity contribution in [2.24, 2.45) is 22.7 Å². The van der Waals surface area contributed by atoms with Crippen molar-refractivity contribution in [2.45, 2.75) is 40.5 Å². The van der Waals surface area contributed by atoms with Crippen LogP contribution in [0.25, 0.3) is 0 Å². The van der Waals surface area contributed by atoms with Crippen molar-refractivity contribution in [3.05, 3.63) is 0 Å². The van der Waals surface area contributed by atoms with Gasteiger partial charge in [-0.25, -0.2) is 0 Å². The van der Waals surface area contributed by atoms with Gasteiger partial charge in [0.15, 0.2) is 0 Å². The topological polar surface area (TPSA) is 61.8 Å². The summed E-state index contributed by atoms with van der Waals surface area (Å²) in [7, 11) is 0. The van der Waals surface area contributed by atoms with Gasteiger partial charge in [-0.2, -0.15) is 0 Å². The molecule has 0 atom stereocenters. The molecule has 0 aromatic rings.